The first kappa shape index (κ1) is 17.4. The van der Waals surface area contributed by atoms with Gasteiger partial charge in [0.2, 0.25) is 0 Å². The largest absolute Gasteiger partial charge is 0.377 e. The van der Waals surface area contributed by atoms with Crippen LogP contribution in [0.25, 0.3) is 0 Å². The molecule has 0 aromatic rings. The van der Waals surface area contributed by atoms with E-state index in [1.807, 2.05) is 6.92 Å². The third kappa shape index (κ3) is 4.43. The average Bonchev–Trinajstić information content (AvgIpc) is 2.76. The Morgan fingerprint density at radius 2 is 1.84 bits per heavy atom. The highest BCUT2D eigenvalue weighted by Crippen LogP contribution is 2.36. The summed E-state index contributed by atoms with van der Waals surface area (Å²) >= 11 is 3.56. The maximum Gasteiger partial charge on any atom is 0.156 e. The molecule has 0 spiro atoms. The summed E-state index contributed by atoms with van der Waals surface area (Å²) in [6, 6.07) is 0. The zero-order valence-electron chi connectivity index (χ0n) is 12.3. The summed E-state index contributed by atoms with van der Waals surface area (Å²) in [6.45, 7) is 6.71. The van der Waals surface area contributed by atoms with Crippen LogP contribution < -0.4 is 0 Å². The number of rotatable bonds is 8. The summed E-state index contributed by atoms with van der Waals surface area (Å²) in [5.74, 6) is 0.297. The minimum atomic E-state index is -3.08. The first-order chi connectivity index (χ1) is 8.90. The monoisotopic (exact) mass is 354 g/mol. The minimum absolute atomic E-state index is 0.107. The molecule has 114 valence electrons. The summed E-state index contributed by atoms with van der Waals surface area (Å²) < 4.78 is 30.8. The molecular formula is C14H27BrO3S. The van der Waals surface area contributed by atoms with E-state index in [1.165, 1.54) is 0 Å². The molecule has 0 saturated carbocycles. The lowest BCUT2D eigenvalue weighted by molar-refractivity contribution is 0.126. The van der Waals surface area contributed by atoms with Crippen LogP contribution in [0.2, 0.25) is 0 Å². The fourth-order valence-corrected chi connectivity index (χ4v) is 6.82. The number of halogens is 1. The molecule has 5 heteroatoms. The predicted molar refractivity (Wildman–Crippen MR) is 83.6 cm³/mol. The molecule has 2 atom stereocenters. The zero-order chi connectivity index (χ0) is 14.5. The minimum Gasteiger partial charge on any atom is -0.377 e. The van der Waals surface area contributed by atoms with Crippen LogP contribution in [0.5, 0.6) is 0 Å². The SMILES string of the molecule is CCCC(CBr)(CCC)CS(=O)(=O)C1CCOC1C. The second-order valence-electron chi connectivity index (χ2n) is 5.84. The highest BCUT2D eigenvalue weighted by molar-refractivity contribution is 9.09. The molecule has 0 N–H and O–H groups in total. The number of hydrogen-bond acceptors (Lipinski definition) is 3. The molecule has 1 heterocycles. The van der Waals surface area contributed by atoms with Gasteiger partial charge in [-0.2, -0.15) is 0 Å². The Morgan fingerprint density at radius 1 is 1.26 bits per heavy atom. The number of alkyl halides is 1. The molecule has 0 bridgehead atoms. The van der Waals surface area contributed by atoms with Crippen molar-refractivity contribution in [2.75, 3.05) is 17.7 Å². The molecule has 0 amide bonds. The number of hydrogen-bond donors (Lipinski definition) is 0. The Balaban J connectivity index is 2.87. The molecule has 1 aliphatic heterocycles. The van der Waals surface area contributed by atoms with Crippen LogP contribution in [0.15, 0.2) is 0 Å². The van der Waals surface area contributed by atoms with E-state index in [2.05, 4.69) is 29.8 Å². The van der Waals surface area contributed by atoms with E-state index >= 15 is 0 Å². The van der Waals surface area contributed by atoms with Crippen molar-refractivity contribution in [1.29, 1.82) is 0 Å². The van der Waals surface area contributed by atoms with Crippen molar-refractivity contribution in [3.8, 4) is 0 Å². The Hall–Kier alpha value is 0.390. The summed E-state index contributed by atoms with van der Waals surface area (Å²) in [5.41, 5.74) is -0.107. The van der Waals surface area contributed by atoms with E-state index in [0.717, 1.165) is 31.0 Å². The summed E-state index contributed by atoms with van der Waals surface area (Å²) in [4.78, 5) is 0. The van der Waals surface area contributed by atoms with Crippen molar-refractivity contribution in [3.05, 3.63) is 0 Å². The molecule has 0 radical (unpaired) electrons. The molecule has 0 aromatic carbocycles. The number of sulfone groups is 1. The highest BCUT2D eigenvalue weighted by Gasteiger charge is 2.41. The molecule has 2 unspecified atom stereocenters. The Bertz CT molecular complexity index is 361. The quantitative estimate of drug-likeness (QED) is 0.626. The molecule has 1 saturated heterocycles. The van der Waals surface area contributed by atoms with Gasteiger partial charge in [-0.3, -0.25) is 0 Å². The highest BCUT2D eigenvalue weighted by atomic mass is 79.9. The Kier molecular flexibility index (Phi) is 6.81. The van der Waals surface area contributed by atoms with Gasteiger partial charge >= 0.3 is 0 Å². The molecule has 19 heavy (non-hydrogen) atoms. The van der Waals surface area contributed by atoms with Crippen LogP contribution in [0.3, 0.4) is 0 Å². The van der Waals surface area contributed by atoms with Gasteiger partial charge in [0.15, 0.2) is 9.84 Å². The fraction of sp³-hybridized carbons (Fsp3) is 1.00. The van der Waals surface area contributed by atoms with Crippen molar-refractivity contribution in [3.63, 3.8) is 0 Å². The normalized spacial score (nSPS) is 24.8. The third-order valence-corrected chi connectivity index (χ3v) is 7.87. The zero-order valence-corrected chi connectivity index (χ0v) is 14.7. The van der Waals surface area contributed by atoms with E-state index in [4.69, 9.17) is 4.74 Å². The van der Waals surface area contributed by atoms with E-state index in [0.29, 0.717) is 18.8 Å². The van der Waals surface area contributed by atoms with Gasteiger partial charge in [0.05, 0.1) is 17.1 Å². The summed E-state index contributed by atoms with van der Waals surface area (Å²) in [7, 11) is -3.08. The van der Waals surface area contributed by atoms with Crippen LogP contribution in [0.1, 0.15) is 52.9 Å². The van der Waals surface area contributed by atoms with Crippen LogP contribution in [0.4, 0.5) is 0 Å². The first-order valence-electron chi connectivity index (χ1n) is 7.30. The van der Waals surface area contributed by atoms with Gasteiger partial charge < -0.3 is 4.74 Å². The molecule has 1 aliphatic rings. The van der Waals surface area contributed by atoms with E-state index in [9.17, 15) is 8.42 Å². The lowest BCUT2D eigenvalue weighted by Gasteiger charge is -2.32. The Morgan fingerprint density at radius 3 is 2.21 bits per heavy atom. The lowest BCUT2D eigenvalue weighted by atomic mass is 9.83. The van der Waals surface area contributed by atoms with Crippen molar-refractivity contribution < 1.29 is 13.2 Å². The van der Waals surface area contributed by atoms with Crippen LogP contribution in [-0.2, 0) is 14.6 Å². The van der Waals surface area contributed by atoms with Crippen molar-refractivity contribution in [2.45, 2.75) is 64.2 Å². The standard InChI is InChI=1S/C14H27BrO3S/c1-4-7-14(10-15,8-5-2)11-19(16,17)13-6-9-18-12(13)3/h12-13H,4-11H2,1-3H3. The van der Waals surface area contributed by atoms with Crippen molar-refractivity contribution in [2.24, 2.45) is 5.41 Å². The van der Waals surface area contributed by atoms with Crippen LogP contribution in [-0.4, -0.2) is 37.5 Å². The summed E-state index contributed by atoms with van der Waals surface area (Å²) in [6.07, 6.45) is 4.48. The van der Waals surface area contributed by atoms with Gasteiger partial charge in [-0.05, 0) is 31.6 Å². The molecule has 0 aromatic heterocycles. The molecule has 3 nitrogen and oxygen atoms in total. The number of ether oxygens (including phenoxy) is 1. The van der Waals surface area contributed by atoms with E-state index in [1.54, 1.807) is 0 Å². The van der Waals surface area contributed by atoms with Gasteiger partial charge in [0.1, 0.15) is 0 Å². The van der Waals surface area contributed by atoms with Crippen molar-refractivity contribution >= 4 is 25.8 Å². The fourth-order valence-electron chi connectivity index (χ4n) is 3.22. The molecular weight excluding hydrogens is 328 g/mol. The van der Waals surface area contributed by atoms with Gasteiger partial charge in [-0.1, -0.05) is 42.6 Å². The van der Waals surface area contributed by atoms with E-state index in [-0.39, 0.29) is 16.8 Å². The lowest BCUT2D eigenvalue weighted by Crippen LogP contribution is -2.39. The molecule has 1 fully saturated rings. The second kappa shape index (κ2) is 7.41. The van der Waals surface area contributed by atoms with Gasteiger partial charge in [-0.25, -0.2) is 8.42 Å². The van der Waals surface area contributed by atoms with Crippen LogP contribution >= 0.6 is 15.9 Å². The molecule has 1 rings (SSSR count). The second-order valence-corrected chi connectivity index (χ2v) is 8.62. The van der Waals surface area contributed by atoms with Crippen LogP contribution in [0, 0.1) is 5.41 Å². The molecule has 0 aliphatic carbocycles. The first-order valence-corrected chi connectivity index (χ1v) is 10.1. The van der Waals surface area contributed by atoms with Gasteiger partial charge in [0, 0.05) is 11.9 Å². The third-order valence-electron chi connectivity index (χ3n) is 4.12. The predicted octanol–water partition coefficient (Wildman–Crippen LogP) is 3.56. The maximum absolute atomic E-state index is 12.7. The smallest absolute Gasteiger partial charge is 0.156 e. The van der Waals surface area contributed by atoms with Crippen molar-refractivity contribution in [1.82, 2.24) is 0 Å². The average molecular weight is 355 g/mol. The van der Waals surface area contributed by atoms with E-state index < -0.39 is 9.84 Å². The topological polar surface area (TPSA) is 43.4 Å². The maximum atomic E-state index is 12.7. The Labute approximate surface area is 126 Å². The van der Waals surface area contributed by atoms with Gasteiger partial charge in [-0.15, -0.1) is 0 Å². The van der Waals surface area contributed by atoms with Gasteiger partial charge in [0.25, 0.3) is 0 Å². The summed E-state index contributed by atoms with van der Waals surface area (Å²) in [5, 5.41) is 0.461.